The maximum atomic E-state index is 13.3. The summed E-state index contributed by atoms with van der Waals surface area (Å²) in [5.74, 6) is -6.66. The van der Waals surface area contributed by atoms with E-state index in [0.29, 0.717) is 11.8 Å². The van der Waals surface area contributed by atoms with Gasteiger partial charge in [0.2, 0.25) is 0 Å². The van der Waals surface area contributed by atoms with Gasteiger partial charge in [-0.25, -0.2) is 17.6 Å². The van der Waals surface area contributed by atoms with Gasteiger partial charge in [0.25, 0.3) is 0 Å². The first-order valence-corrected chi connectivity index (χ1v) is 5.26. The molecule has 2 rings (SSSR count). The van der Waals surface area contributed by atoms with Gasteiger partial charge >= 0.3 is 0 Å². The summed E-state index contributed by atoms with van der Waals surface area (Å²) in [6, 6.07) is 9.20. The molecule has 0 aliphatic rings. The van der Waals surface area contributed by atoms with Crippen molar-refractivity contribution in [2.24, 2.45) is 5.10 Å². The minimum atomic E-state index is -1.86. The molecule has 0 saturated carbocycles. The first-order valence-electron chi connectivity index (χ1n) is 5.26. The Kier molecular flexibility index (Phi) is 3.79. The SMILES string of the molecule is Fc1cc(C=NNc2ccccc2)c(F)c(F)c1F. The Labute approximate surface area is 106 Å². The summed E-state index contributed by atoms with van der Waals surface area (Å²) in [7, 11) is 0. The highest BCUT2D eigenvalue weighted by Gasteiger charge is 2.17. The summed E-state index contributed by atoms with van der Waals surface area (Å²) in [4.78, 5) is 0. The highest BCUT2D eigenvalue weighted by molar-refractivity contribution is 5.80. The number of hydrogen-bond donors (Lipinski definition) is 1. The number of anilines is 1. The van der Waals surface area contributed by atoms with Gasteiger partial charge in [-0.3, -0.25) is 5.43 Å². The van der Waals surface area contributed by atoms with E-state index in [0.717, 1.165) is 6.21 Å². The molecule has 0 saturated heterocycles. The third-order valence-corrected chi connectivity index (χ3v) is 2.30. The van der Waals surface area contributed by atoms with Crippen LogP contribution in [0.1, 0.15) is 5.56 Å². The Balaban J connectivity index is 2.20. The van der Waals surface area contributed by atoms with E-state index >= 15 is 0 Å². The molecule has 0 aliphatic carbocycles. The molecule has 0 aliphatic heterocycles. The smallest absolute Gasteiger partial charge is 0.198 e. The number of hydrazone groups is 1. The standard InChI is InChI=1S/C13H8F4N2/c14-10-6-8(11(15)13(17)12(10)16)7-18-19-9-4-2-1-3-5-9/h1-7,19H. The fourth-order valence-electron chi connectivity index (χ4n) is 1.37. The van der Waals surface area contributed by atoms with Crippen LogP contribution in [-0.2, 0) is 0 Å². The fourth-order valence-corrected chi connectivity index (χ4v) is 1.37. The number of benzene rings is 2. The molecule has 0 spiro atoms. The van der Waals surface area contributed by atoms with Crippen LogP contribution in [0.15, 0.2) is 41.5 Å². The van der Waals surface area contributed by atoms with Gasteiger partial charge in [-0.1, -0.05) is 18.2 Å². The molecule has 0 radical (unpaired) electrons. The molecule has 2 nitrogen and oxygen atoms in total. The van der Waals surface area contributed by atoms with Gasteiger partial charge < -0.3 is 0 Å². The molecular weight excluding hydrogens is 260 g/mol. The second kappa shape index (κ2) is 5.51. The van der Waals surface area contributed by atoms with Crippen molar-refractivity contribution in [1.29, 1.82) is 0 Å². The van der Waals surface area contributed by atoms with E-state index in [9.17, 15) is 17.6 Å². The maximum absolute atomic E-state index is 13.3. The second-order valence-corrected chi connectivity index (χ2v) is 3.63. The molecule has 0 fully saturated rings. The number of para-hydroxylation sites is 1. The Morgan fingerprint density at radius 3 is 2.26 bits per heavy atom. The van der Waals surface area contributed by atoms with Crippen molar-refractivity contribution >= 4 is 11.9 Å². The van der Waals surface area contributed by atoms with Gasteiger partial charge in [-0.05, 0) is 18.2 Å². The minimum absolute atomic E-state index is 0.486. The van der Waals surface area contributed by atoms with Gasteiger partial charge in [0, 0.05) is 5.56 Å². The van der Waals surface area contributed by atoms with E-state index in [-0.39, 0.29) is 0 Å². The topological polar surface area (TPSA) is 24.4 Å². The van der Waals surface area contributed by atoms with Crippen LogP contribution >= 0.6 is 0 Å². The molecule has 6 heteroatoms. The average molecular weight is 268 g/mol. The van der Waals surface area contributed by atoms with Crippen molar-refractivity contribution in [3.05, 3.63) is 65.2 Å². The molecule has 0 aromatic heterocycles. The van der Waals surface area contributed by atoms with Gasteiger partial charge in [0.05, 0.1) is 11.9 Å². The fraction of sp³-hybridized carbons (Fsp3) is 0. The Morgan fingerprint density at radius 1 is 0.895 bits per heavy atom. The lowest BCUT2D eigenvalue weighted by Crippen LogP contribution is -2.01. The number of hydrogen-bond acceptors (Lipinski definition) is 2. The summed E-state index contributed by atoms with van der Waals surface area (Å²) in [6.07, 6.45) is 0.869. The van der Waals surface area contributed by atoms with E-state index < -0.39 is 28.8 Å². The van der Waals surface area contributed by atoms with Crippen LogP contribution in [0.2, 0.25) is 0 Å². The summed E-state index contributed by atoms with van der Waals surface area (Å²) in [5.41, 5.74) is 2.66. The van der Waals surface area contributed by atoms with Crippen LogP contribution in [0.25, 0.3) is 0 Å². The minimum Gasteiger partial charge on any atom is -0.279 e. The van der Waals surface area contributed by atoms with Gasteiger partial charge in [-0.15, -0.1) is 0 Å². The van der Waals surface area contributed by atoms with Gasteiger partial charge in [-0.2, -0.15) is 5.10 Å². The zero-order valence-electron chi connectivity index (χ0n) is 9.50. The summed E-state index contributed by atoms with van der Waals surface area (Å²) < 4.78 is 51.8. The first kappa shape index (κ1) is 13.1. The summed E-state index contributed by atoms with van der Waals surface area (Å²) in [5, 5.41) is 3.61. The van der Waals surface area contributed by atoms with Crippen LogP contribution in [-0.4, -0.2) is 6.21 Å². The molecule has 1 N–H and O–H groups in total. The van der Waals surface area contributed by atoms with Crippen LogP contribution < -0.4 is 5.43 Å². The molecule has 0 unspecified atom stereocenters. The number of nitrogens with one attached hydrogen (secondary N) is 1. The Bertz CT molecular complexity index is 612. The lowest BCUT2D eigenvalue weighted by molar-refractivity contribution is 0.408. The number of nitrogens with zero attached hydrogens (tertiary/aromatic N) is 1. The van der Waals surface area contributed by atoms with E-state index in [1.165, 1.54) is 0 Å². The largest absolute Gasteiger partial charge is 0.279 e. The average Bonchev–Trinajstić information content (AvgIpc) is 2.43. The molecule has 19 heavy (non-hydrogen) atoms. The lowest BCUT2D eigenvalue weighted by Gasteiger charge is -2.02. The highest BCUT2D eigenvalue weighted by atomic mass is 19.2. The van der Waals surface area contributed by atoms with E-state index in [2.05, 4.69) is 10.5 Å². The zero-order valence-corrected chi connectivity index (χ0v) is 9.50. The van der Waals surface area contributed by atoms with Crippen molar-refractivity contribution in [2.75, 3.05) is 5.43 Å². The van der Waals surface area contributed by atoms with Crippen LogP contribution in [0.5, 0.6) is 0 Å². The first-order chi connectivity index (χ1) is 9.09. The second-order valence-electron chi connectivity index (χ2n) is 3.63. The predicted molar refractivity (Wildman–Crippen MR) is 63.9 cm³/mol. The summed E-state index contributed by atoms with van der Waals surface area (Å²) >= 11 is 0. The molecule has 98 valence electrons. The van der Waals surface area contributed by atoms with Crippen molar-refractivity contribution < 1.29 is 17.6 Å². The zero-order chi connectivity index (χ0) is 13.8. The Morgan fingerprint density at radius 2 is 1.58 bits per heavy atom. The molecule has 0 atom stereocenters. The molecular formula is C13H8F4N2. The van der Waals surface area contributed by atoms with Crippen molar-refractivity contribution in [2.45, 2.75) is 0 Å². The molecule has 0 amide bonds. The van der Waals surface area contributed by atoms with E-state index in [1.807, 2.05) is 0 Å². The van der Waals surface area contributed by atoms with Crippen LogP contribution in [0, 0.1) is 23.3 Å². The van der Waals surface area contributed by atoms with E-state index in [1.54, 1.807) is 30.3 Å². The summed E-state index contributed by atoms with van der Waals surface area (Å²) in [6.45, 7) is 0. The van der Waals surface area contributed by atoms with Crippen LogP contribution in [0.4, 0.5) is 23.2 Å². The molecule has 0 bridgehead atoms. The quantitative estimate of drug-likeness (QED) is 0.296. The van der Waals surface area contributed by atoms with Gasteiger partial charge in [0.1, 0.15) is 0 Å². The third kappa shape index (κ3) is 2.90. The third-order valence-electron chi connectivity index (χ3n) is 2.30. The van der Waals surface area contributed by atoms with Crippen molar-refractivity contribution in [3.8, 4) is 0 Å². The van der Waals surface area contributed by atoms with E-state index in [4.69, 9.17) is 0 Å². The number of halogens is 4. The molecule has 2 aromatic rings. The predicted octanol–water partition coefficient (Wildman–Crippen LogP) is 3.69. The maximum Gasteiger partial charge on any atom is 0.198 e. The normalized spacial score (nSPS) is 10.9. The van der Waals surface area contributed by atoms with Crippen LogP contribution in [0.3, 0.4) is 0 Å². The molecule has 0 heterocycles. The van der Waals surface area contributed by atoms with Crippen molar-refractivity contribution in [1.82, 2.24) is 0 Å². The lowest BCUT2D eigenvalue weighted by atomic mass is 10.2. The van der Waals surface area contributed by atoms with Crippen molar-refractivity contribution in [3.63, 3.8) is 0 Å². The highest BCUT2D eigenvalue weighted by Crippen LogP contribution is 2.17. The van der Waals surface area contributed by atoms with Gasteiger partial charge in [0.15, 0.2) is 23.3 Å². The monoisotopic (exact) mass is 268 g/mol. The molecule has 2 aromatic carbocycles. The Hall–Kier alpha value is -2.37. The number of rotatable bonds is 3.